The number of rotatable bonds is 3. The zero-order valence-corrected chi connectivity index (χ0v) is 13.1. The molecule has 6 heteroatoms. The Hall–Kier alpha value is -0.490. The van der Waals surface area contributed by atoms with Gasteiger partial charge in [0.25, 0.3) is 0 Å². The molecule has 1 aromatic rings. The van der Waals surface area contributed by atoms with Crippen LogP contribution in [0.3, 0.4) is 0 Å². The largest absolute Gasteiger partial charge is 0.367 e. The fourth-order valence-corrected chi connectivity index (χ4v) is 3.61. The van der Waals surface area contributed by atoms with Gasteiger partial charge in [0.1, 0.15) is 16.2 Å². The number of anilines is 1. The molecule has 0 atom stereocenters. The Kier molecular flexibility index (Phi) is 4.72. The molecule has 18 heavy (non-hydrogen) atoms. The fourth-order valence-electron chi connectivity index (χ4n) is 1.91. The highest BCUT2D eigenvalue weighted by atomic mass is 79.9. The molecule has 0 bridgehead atoms. The second kappa shape index (κ2) is 6.10. The molecule has 0 aromatic carbocycles. The smallest absolute Gasteiger partial charge is 0.134 e. The van der Waals surface area contributed by atoms with Gasteiger partial charge in [0.2, 0.25) is 0 Å². The minimum absolute atomic E-state index is 0.307. The first-order valence-corrected chi connectivity index (χ1v) is 8.48. The van der Waals surface area contributed by atoms with E-state index in [1.165, 1.54) is 0 Å². The normalized spacial score (nSPS) is 24.2. The molecule has 1 saturated heterocycles. The summed E-state index contributed by atoms with van der Waals surface area (Å²) in [4.78, 5) is 8.87. The van der Waals surface area contributed by atoms with Crippen LogP contribution in [0.5, 0.6) is 0 Å². The molecule has 4 nitrogen and oxygen atoms in total. The van der Waals surface area contributed by atoms with Crippen LogP contribution >= 0.6 is 15.9 Å². The zero-order chi connectivity index (χ0) is 13.1. The Labute approximate surface area is 119 Å². The average Bonchev–Trinajstić information content (AvgIpc) is 2.31. The quantitative estimate of drug-likeness (QED) is 0.865. The Morgan fingerprint density at radius 1 is 1.39 bits per heavy atom. The molecule has 1 fully saturated rings. The minimum atomic E-state index is -0.617. The molecule has 1 aromatic heterocycles. The molecule has 2 heterocycles. The van der Waals surface area contributed by atoms with E-state index in [1.54, 1.807) is 0 Å². The van der Waals surface area contributed by atoms with Gasteiger partial charge in [-0.05, 0) is 28.8 Å². The first kappa shape index (κ1) is 13.9. The van der Waals surface area contributed by atoms with Crippen LogP contribution in [0.2, 0.25) is 0 Å². The number of hydrogen-bond donors (Lipinski definition) is 1. The third-order valence-corrected chi connectivity index (χ3v) is 4.76. The lowest BCUT2D eigenvalue weighted by Crippen LogP contribution is -2.29. The molecule has 1 aliphatic rings. The molecule has 1 aliphatic heterocycles. The zero-order valence-electron chi connectivity index (χ0n) is 10.6. The molecule has 0 saturated carbocycles. The van der Waals surface area contributed by atoms with Crippen molar-refractivity contribution in [2.24, 2.45) is 0 Å². The lowest BCUT2D eigenvalue weighted by atomic mass is 10.1. The summed E-state index contributed by atoms with van der Waals surface area (Å²) in [7, 11) is -0.617. The molecule has 0 aliphatic carbocycles. The van der Waals surface area contributed by atoms with Gasteiger partial charge >= 0.3 is 0 Å². The van der Waals surface area contributed by atoms with Crippen molar-refractivity contribution in [3.8, 4) is 0 Å². The van der Waals surface area contributed by atoms with Gasteiger partial charge in [0.05, 0.1) is 0 Å². The summed E-state index contributed by atoms with van der Waals surface area (Å²) in [6.45, 7) is 4.16. The molecule has 2 rings (SSSR count). The van der Waals surface area contributed by atoms with Crippen LogP contribution in [0.4, 0.5) is 5.82 Å². The molecular formula is C12H18BrN3OS. The van der Waals surface area contributed by atoms with E-state index in [9.17, 15) is 4.21 Å². The van der Waals surface area contributed by atoms with E-state index in [2.05, 4.69) is 45.1 Å². The van der Waals surface area contributed by atoms with E-state index >= 15 is 0 Å². The van der Waals surface area contributed by atoms with Crippen LogP contribution in [0.15, 0.2) is 10.7 Å². The topological polar surface area (TPSA) is 54.9 Å². The lowest BCUT2D eigenvalue weighted by Gasteiger charge is -2.23. The van der Waals surface area contributed by atoms with Gasteiger partial charge < -0.3 is 5.32 Å². The lowest BCUT2D eigenvalue weighted by molar-refractivity contribution is 0.621. The summed E-state index contributed by atoms with van der Waals surface area (Å²) in [6.07, 6.45) is 1.90. The third-order valence-electron chi connectivity index (χ3n) is 2.97. The molecule has 0 unspecified atom stereocenters. The summed E-state index contributed by atoms with van der Waals surface area (Å²) in [5, 5.41) is 3.42. The van der Waals surface area contributed by atoms with E-state index in [4.69, 9.17) is 0 Å². The predicted molar refractivity (Wildman–Crippen MR) is 78.3 cm³/mol. The highest BCUT2D eigenvalue weighted by Crippen LogP contribution is 2.20. The fraction of sp³-hybridized carbons (Fsp3) is 0.667. The number of hydrogen-bond acceptors (Lipinski definition) is 4. The monoisotopic (exact) mass is 331 g/mol. The van der Waals surface area contributed by atoms with E-state index < -0.39 is 10.8 Å². The van der Waals surface area contributed by atoms with Crippen molar-refractivity contribution in [2.75, 3.05) is 16.8 Å². The van der Waals surface area contributed by atoms with Crippen LogP contribution in [0.1, 0.15) is 38.4 Å². The van der Waals surface area contributed by atoms with Crippen LogP contribution in [-0.2, 0) is 10.8 Å². The second-order valence-electron chi connectivity index (χ2n) is 4.86. The van der Waals surface area contributed by atoms with Crippen LogP contribution < -0.4 is 5.32 Å². The van der Waals surface area contributed by atoms with Crippen molar-refractivity contribution in [3.05, 3.63) is 16.5 Å². The summed E-state index contributed by atoms with van der Waals surface area (Å²) >= 11 is 3.42. The van der Waals surface area contributed by atoms with Gasteiger partial charge in [-0.25, -0.2) is 9.97 Å². The van der Waals surface area contributed by atoms with Gasteiger partial charge in [-0.15, -0.1) is 0 Å². The number of aromatic nitrogens is 2. The average molecular weight is 332 g/mol. The van der Waals surface area contributed by atoms with E-state index in [-0.39, 0.29) is 0 Å². The number of nitrogens with zero attached hydrogens (tertiary/aromatic N) is 2. The Morgan fingerprint density at radius 2 is 2.06 bits per heavy atom. The second-order valence-corrected chi connectivity index (χ2v) is 7.36. The van der Waals surface area contributed by atoms with Gasteiger partial charge in [-0.1, -0.05) is 13.8 Å². The first-order chi connectivity index (χ1) is 8.54. The Morgan fingerprint density at radius 3 is 2.67 bits per heavy atom. The molecule has 1 N–H and O–H groups in total. The summed E-state index contributed by atoms with van der Waals surface area (Å²) < 4.78 is 12.1. The Bertz CT molecular complexity index is 443. The van der Waals surface area contributed by atoms with Gasteiger partial charge in [0.15, 0.2) is 0 Å². The van der Waals surface area contributed by atoms with Crippen LogP contribution in [0.25, 0.3) is 0 Å². The maximum absolute atomic E-state index is 11.3. The minimum Gasteiger partial charge on any atom is -0.367 e. The highest BCUT2D eigenvalue weighted by Gasteiger charge is 2.18. The van der Waals surface area contributed by atoms with Crippen molar-refractivity contribution < 1.29 is 4.21 Å². The maximum atomic E-state index is 11.3. The molecule has 0 amide bonds. The first-order valence-electron chi connectivity index (χ1n) is 6.20. The SMILES string of the molecule is CC(C)c1nc(Br)cc(NC2CCS(=O)CC2)n1. The highest BCUT2D eigenvalue weighted by molar-refractivity contribution is 9.10. The third kappa shape index (κ3) is 3.75. The van der Waals surface area contributed by atoms with Crippen molar-refractivity contribution in [1.82, 2.24) is 9.97 Å². The molecular weight excluding hydrogens is 314 g/mol. The Balaban J connectivity index is 2.06. The summed E-state index contributed by atoms with van der Waals surface area (Å²) in [5.74, 6) is 3.59. The molecule has 0 radical (unpaired) electrons. The van der Waals surface area contributed by atoms with Gasteiger partial charge in [-0.2, -0.15) is 0 Å². The number of halogens is 1. The summed E-state index contributed by atoms with van der Waals surface area (Å²) in [5.41, 5.74) is 0. The summed E-state index contributed by atoms with van der Waals surface area (Å²) in [6, 6.07) is 2.28. The number of nitrogens with one attached hydrogen (secondary N) is 1. The van der Waals surface area contributed by atoms with Crippen molar-refractivity contribution >= 4 is 32.5 Å². The van der Waals surface area contributed by atoms with E-state index in [0.29, 0.717) is 12.0 Å². The standard InChI is InChI=1S/C12H18BrN3OS/c1-8(2)12-15-10(13)7-11(16-12)14-9-3-5-18(17)6-4-9/h7-9H,3-6H2,1-2H3,(H,14,15,16). The van der Waals surface area contributed by atoms with Crippen molar-refractivity contribution in [3.63, 3.8) is 0 Å². The van der Waals surface area contributed by atoms with Crippen LogP contribution in [0, 0.1) is 0 Å². The molecule has 0 spiro atoms. The van der Waals surface area contributed by atoms with Crippen molar-refractivity contribution in [2.45, 2.75) is 38.6 Å². The maximum Gasteiger partial charge on any atom is 0.134 e. The van der Waals surface area contributed by atoms with Crippen LogP contribution in [-0.4, -0.2) is 31.7 Å². The van der Waals surface area contributed by atoms with Gasteiger partial charge in [0, 0.05) is 40.3 Å². The predicted octanol–water partition coefficient (Wildman–Crippen LogP) is 2.69. The van der Waals surface area contributed by atoms with Crippen molar-refractivity contribution in [1.29, 1.82) is 0 Å². The molecule has 100 valence electrons. The van der Waals surface area contributed by atoms with Gasteiger partial charge in [-0.3, -0.25) is 4.21 Å². The van der Waals surface area contributed by atoms with E-state index in [0.717, 1.165) is 40.6 Å². The van der Waals surface area contributed by atoms with E-state index in [1.807, 2.05) is 6.07 Å².